The van der Waals surface area contributed by atoms with Crippen molar-refractivity contribution >= 4 is 43.0 Å². The molecule has 3 nitrogen and oxygen atoms in total. The number of benzene rings is 1. The highest BCUT2D eigenvalue weighted by Gasteiger charge is 2.16. The smallest absolute Gasteiger partial charge is 0.271 e. The second kappa shape index (κ2) is 5.03. The first kappa shape index (κ1) is 13.6. The van der Waals surface area contributed by atoms with Crippen molar-refractivity contribution in [3.05, 3.63) is 45.2 Å². The van der Waals surface area contributed by atoms with Crippen LogP contribution >= 0.6 is 27.3 Å². The van der Waals surface area contributed by atoms with Gasteiger partial charge in [-0.15, -0.1) is 11.3 Å². The number of nitrogens with one attached hydrogen (secondary N) is 1. The molecule has 0 amide bonds. The van der Waals surface area contributed by atoms with E-state index in [1.165, 1.54) is 11.3 Å². The quantitative estimate of drug-likeness (QED) is 0.915. The molecule has 0 fully saturated rings. The van der Waals surface area contributed by atoms with Gasteiger partial charge in [-0.25, -0.2) is 8.42 Å². The predicted octanol–water partition coefficient (Wildman–Crippen LogP) is 3.93. The Morgan fingerprint density at radius 1 is 1.17 bits per heavy atom. The van der Waals surface area contributed by atoms with Crippen LogP contribution in [0.2, 0.25) is 0 Å². The molecule has 0 bridgehead atoms. The summed E-state index contributed by atoms with van der Waals surface area (Å²) in [5.74, 6) is 0. The van der Waals surface area contributed by atoms with Gasteiger partial charge in [-0.3, -0.25) is 4.72 Å². The van der Waals surface area contributed by atoms with E-state index in [0.717, 1.165) is 14.9 Å². The molecule has 0 saturated carbocycles. The standard InChI is InChI=1S/C12H12BrNO2S2/c1-8-5-10(13)7-11(6-8)14-18(15,16)12-4-3-9(2)17-12/h3-7,14H,1-2H3. The van der Waals surface area contributed by atoms with Crippen LogP contribution in [0.5, 0.6) is 0 Å². The molecule has 1 aromatic heterocycles. The number of halogens is 1. The fourth-order valence-corrected chi connectivity index (χ4v) is 4.49. The number of hydrogen-bond donors (Lipinski definition) is 1. The average molecular weight is 346 g/mol. The number of aryl methyl sites for hydroxylation is 2. The molecule has 1 N–H and O–H groups in total. The Morgan fingerprint density at radius 3 is 2.44 bits per heavy atom. The Hall–Kier alpha value is -0.850. The van der Waals surface area contributed by atoms with Gasteiger partial charge in [0.25, 0.3) is 10.0 Å². The molecule has 2 aromatic rings. The van der Waals surface area contributed by atoms with Crippen LogP contribution in [0.3, 0.4) is 0 Å². The van der Waals surface area contributed by atoms with E-state index in [2.05, 4.69) is 20.7 Å². The van der Waals surface area contributed by atoms with Crippen LogP contribution in [0.1, 0.15) is 10.4 Å². The maximum absolute atomic E-state index is 12.1. The third-order valence-corrected chi connectivity index (χ3v) is 5.61. The largest absolute Gasteiger partial charge is 0.279 e. The summed E-state index contributed by atoms with van der Waals surface area (Å²) in [6.07, 6.45) is 0. The monoisotopic (exact) mass is 345 g/mol. The molecule has 0 aliphatic carbocycles. The molecule has 0 aliphatic heterocycles. The van der Waals surface area contributed by atoms with Crippen molar-refractivity contribution in [3.63, 3.8) is 0 Å². The number of hydrogen-bond acceptors (Lipinski definition) is 3. The van der Waals surface area contributed by atoms with Crippen molar-refractivity contribution in [2.24, 2.45) is 0 Å². The zero-order valence-corrected chi connectivity index (χ0v) is 13.1. The van der Waals surface area contributed by atoms with Crippen molar-refractivity contribution in [3.8, 4) is 0 Å². The summed E-state index contributed by atoms with van der Waals surface area (Å²) in [5.41, 5.74) is 1.55. The van der Waals surface area contributed by atoms with E-state index >= 15 is 0 Å². The summed E-state index contributed by atoms with van der Waals surface area (Å²) in [5, 5.41) is 0. The van der Waals surface area contributed by atoms with Gasteiger partial charge in [-0.2, -0.15) is 0 Å². The van der Waals surface area contributed by atoms with Gasteiger partial charge in [0.05, 0.1) is 5.69 Å². The van der Waals surface area contributed by atoms with Gasteiger partial charge in [0, 0.05) is 9.35 Å². The molecule has 6 heteroatoms. The minimum atomic E-state index is -3.48. The lowest BCUT2D eigenvalue weighted by Gasteiger charge is -2.07. The maximum atomic E-state index is 12.1. The predicted molar refractivity (Wildman–Crippen MR) is 78.7 cm³/mol. The molecule has 2 rings (SSSR count). The minimum absolute atomic E-state index is 0.331. The van der Waals surface area contributed by atoms with E-state index in [1.807, 2.05) is 19.9 Å². The normalized spacial score (nSPS) is 11.5. The topological polar surface area (TPSA) is 46.2 Å². The summed E-state index contributed by atoms with van der Waals surface area (Å²) in [6.45, 7) is 3.80. The van der Waals surface area contributed by atoms with Crippen molar-refractivity contribution in [1.29, 1.82) is 0 Å². The van der Waals surface area contributed by atoms with Gasteiger partial charge >= 0.3 is 0 Å². The molecule has 96 valence electrons. The van der Waals surface area contributed by atoms with Crippen LogP contribution in [0.4, 0.5) is 5.69 Å². The first-order valence-corrected chi connectivity index (χ1v) is 8.32. The molecule has 1 heterocycles. The number of thiophene rings is 1. The van der Waals surface area contributed by atoms with Crippen LogP contribution in [0.25, 0.3) is 0 Å². The van der Waals surface area contributed by atoms with Gasteiger partial charge in [0.15, 0.2) is 0 Å². The highest BCUT2D eigenvalue weighted by molar-refractivity contribution is 9.10. The van der Waals surface area contributed by atoms with Gasteiger partial charge in [0.1, 0.15) is 4.21 Å². The fourth-order valence-electron chi connectivity index (χ4n) is 1.56. The Balaban J connectivity index is 2.33. The fraction of sp³-hybridized carbons (Fsp3) is 0.167. The van der Waals surface area contributed by atoms with Crippen LogP contribution in [0, 0.1) is 13.8 Å². The summed E-state index contributed by atoms with van der Waals surface area (Å²) >= 11 is 4.61. The Labute approximate surface area is 119 Å². The van der Waals surface area contributed by atoms with Crippen molar-refractivity contribution in [2.75, 3.05) is 4.72 Å². The first-order valence-electron chi connectivity index (χ1n) is 5.23. The SMILES string of the molecule is Cc1cc(Br)cc(NS(=O)(=O)c2ccc(C)s2)c1. The lowest BCUT2D eigenvalue weighted by atomic mass is 10.2. The van der Waals surface area contributed by atoms with Crippen LogP contribution < -0.4 is 4.72 Å². The number of sulfonamides is 1. The zero-order chi connectivity index (χ0) is 13.3. The summed E-state index contributed by atoms with van der Waals surface area (Å²) in [7, 11) is -3.48. The highest BCUT2D eigenvalue weighted by Crippen LogP contribution is 2.25. The lowest BCUT2D eigenvalue weighted by molar-refractivity contribution is 0.603. The van der Waals surface area contributed by atoms with E-state index in [1.54, 1.807) is 24.3 Å². The molecule has 0 saturated heterocycles. The molecule has 0 aliphatic rings. The van der Waals surface area contributed by atoms with E-state index < -0.39 is 10.0 Å². The average Bonchev–Trinajstić information content (AvgIpc) is 2.62. The Bertz CT molecular complexity index is 657. The highest BCUT2D eigenvalue weighted by atomic mass is 79.9. The van der Waals surface area contributed by atoms with Crippen molar-refractivity contribution < 1.29 is 8.42 Å². The molecule has 0 atom stereocenters. The molecular formula is C12H12BrNO2S2. The Kier molecular flexibility index (Phi) is 3.79. The van der Waals surface area contributed by atoms with E-state index in [4.69, 9.17) is 0 Å². The zero-order valence-electron chi connectivity index (χ0n) is 9.90. The number of anilines is 1. The van der Waals surface area contributed by atoms with Crippen LogP contribution in [0.15, 0.2) is 39.0 Å². The molecule has 0 spiro atoms. The van der Waals surface area contributed by atoms with Crippen molar-refractivity contribution in [1.82, 2.24) is 0 Å². The van der Waals surface area contributed by atoms with Crippen LogP contribution in [-0.4, -0.2) is 8.42 Å². The van der Waals surface area contributed by atoms with E-state index in [-0.39, 0.29) is 0 Å². The molecule has 0 radical (unpaired) electrons. The first-order chi connectivity index (χ1) is 8.37. The molecule has 1 aromatic carbocycles. The lowest BCUT2D eigenvalue weighted by Crippen LogP contribution is -2.11. The summed E-state index contributed by atoms with van der Waals surface area (Å²) in [6, 6.07) is 8.87. The van der Waals surface area contributed by atoms with Gasteiger partial charge in [-0.1, -0.05) is 15.9 Å². The van der Waals surface area contributed by atoms with Gasteiger partial charge in [-0.05, 0) is 49.7 Å². The maximum Gasteiger partial charge on any atom is 0.271 e. The summed E-state index contributed by atoms with van der Waals surface area (Å²) in [4.78, 5) is 0.973. The third-order valence-electron chi connectivity index (χ3n) is 2.27. The van der Waals surface area contributed by atoms with Gasteiger partial charge < -0.3 is 0 Å². The number of rotatable bonds is 3. The van der Waals surface area contributed by atoms with E-state index in [0.29, 0.717) is 9.90 Å². The molecule has 0 unspecified atom stereocenters. The van der Waals surface area contributed by atoms with E-state index in [9.17, 15) is 8.42 Å². The minimum Gasteiger partial charge on any atom is -0.279 e. The second-order valence-corrected chi connectivity index (χ2v) is 8.10. The molecular weight excluding hydrogens is 334 g/mol. The van der Waals surface area contributed by atoms with Gasteiger partial charge in [0.2, 0.25) is 0 Å². The third kappa shape index (κ3) is 3.13. The Morgan fingerprint density at radius 2 is 1.89 bits per heavy atom. The van der Waals surface area contributed by atoms with Crippen molar-refractivity contribution in [2.45, 2.75) is 18.1 Å². The summed E-state index contributed by atoms with van der Waals surface area (Å²) < 4.78 is 28.0. The second-order valence-electron chi connectivity index (χ2n) is 3.99. The molecule has 18 heavy (non-hydrogen) atoms. The van der Waals surface area contributed by atoms with Crippen LogP contribution in [-0.2, 0) is 10.0 Å².